The van der Waals surface area contributed by atoms with E-state index in [1.54, 1.807) is 31.6 Å². The van der Waals surface area contributed by atoms with Gasteiger partial charge in [-0.25, -0.2) is 0 Å². The minimum absolute atomic E-state index is 0.0562. The molecule has 0 N–H and O–H groups in total. The number of thiophene rings is 1. The lowest BCUT2D eigenvalue weighted by Crippen LogP contribution is -2.39. The van der Waals surface area contributed by atoms with Crippen molar-refractivity contribution in [2.45, 2.75) is 25.8 Å². The average molecular weight is 357 g/mol. The van der Waals surface area contributed by atoms with E-state index < -0.39 is 0 Å². The predicted molar refractivity (Wildman–Crippen MR) is 101 cm³/mol. The van der Waals surface area contributed by atoms with Gasteiger partial charge in [-0.2, -0.15) is 0 Å². The zero-order valence-corrected chi connectivity index (χ0v) is 15.6. The number of amides is 1. The molecule has 0 unspecified atom stereocenters. The van der Waals surface area contributed by atoms with Crippen molar-refractivity contribution in [1.29, 1.82) is 0 Å². The van der Waals surface area contributed by atoms with Crippen LogP contribution in [0.1, 0.15) is 35.4 Å². The van der Waals surface area contributed by atoms with Crippen LogP contribution in [-0.2, 0) is 11.2 Å². The zero-order chi connectivity index (χ0) is 17.8. The fraction of sp³-hybridized carbons (Fsp3) is 0.350. The van der Waals surface area contributed by atoms with Gasteiger partial charge in [-0.15, -0.1) is 11.3 Å². The van der Waals surface area contributed by atoms with Gasteiger partial charge in [-0.05, 0) is 53.6 Å². The Morgan fingerprint density at radius 3 is 2.72 bits per heavy atom. The van der Waals surface area contributed by atoms with Gasteiger partial charge in [0.05, 0.1) is 20.3 Å². The van der Waals surface area contributed by atoms with Gasteiger partial charge in [0.1, 0.15) is 0 Å². The van der Waals surface area contributed by atoms with E-state index in [-0.39, 0.29) is 11.9 Å². The van der Waals surface area contributed by atoms with Crippen molar-refractivity contribution in [3.05, 3.63) is 57.8 Å². The van der Waals surface area contributed by atoms with Crippen molar-refractivity contribution in [2.24, 2.45) is 0 Å². The molecule has 1 aromatic heterocycles. The van der Waals surface area contributed by atoms with Crippen LogP contribution in [0.15, 0.2) is 41.8 Å². The predicted octanol–water partition coefficient (Wildman–Crippen LogP) is 4.21. The number of benzene rings is 1. The van der Waals surface area contributed by atoms with Gasteiger partial charge in [0, 0.05) is 11.4 Å². The highest BCUT2D eigenvalue weighted by Gasteiger charge is 2.33. The Bertz CT molecular complexity index is 767. The largest absolute Gasteiger partial charge is 0.493 e. The quantitative estimate of drug-likeness (QED) is 0.753. The van der Waals surface area contributed by atoms with E-state index in [0.29, 0.717) is 12.3 Å². The first kappa shape index (κ1) is 17.5. The number of carbonyl (C=O) groups is 1. The van der Waals surface area contributed by atoms with Crippen LogP contribution in [0.25, 0.3) is 0 Å². The summed E-state index contributed by atoms with van der Waals surface area (Å²) in [4.78, 5) is 15.8. The Balaban J connectivity index is 2.09. The Kier molecular flexibility index (Phi) is 5.43. The van der Waals surface area contributed by atoms with E-state index >= 15 is 0 Å². The lowest BCUT2D eigenvalue weighted by molar-refractivity contribution is -0.128. The first-order valence-corrected chi connectivity index (χ1v) is 9.32. The summed E-state index contributed by atoms with van der Waals surface area (Å²) >= 11 is 1.67. The number of nitrogens with zero attached hydrogens (tertiary/aromatic N) is 1. The van der Waals surface area contributed by atoms with Crippen LogP contribution in [0.3, 0.4) is 0 Å². The van der Waals surface area contributed by atoms with E-state index in [1.165, 1.54) is 5.56 Å². The van der Waals surface area contributed by atoms with E-state index in [9.17, 15) is 4.79 Å². The topological polar surface area (TPSA) is 38.8 Å². The molecule has 1 aliphatic rings. The number of hydrogen-bond donors (Lipinski definition) is 0. The molecular formula is C20H23NO3S. The van der Waals surface area contributed by atoms with Crippen molar-refractivity contribution in [3.63, 3.8) is 0 Å². The molecule has 1 aromatic carbocycles. The maximum Gasteiger partial charge on any atom is 0.247 e. The first-order chi connectivity index (χ1) is 12.2. The van der Waals surface area contributed by atoms with E-state index in [2.05, 4.69) is 11.4 Å². The summed E-state index contributed by atoms with van der Waals surface area (Å²) in [5.41, 5.74) is 2.32. The second-order valence-electron chi connectivity index (χ2n) is 5.92. The molecule has 25 heavy (non-hydrogen) atoms. The molecule has 0 fully saturated rings. The molecule has 5 heteroatoms. The summed E-state index contributed by atoms with van der Waals surface area (Å²) in [6.07, 6.45) is 5.26. The number of ether oxygens (including phenoxy) is 2. The minimum Gasteiger partial charge on any atom is -0.493 e. The van der Waals surface area contributed by atoms with Crippen LogP contribution in [0.5, 0.6) is 11.5 Å². The summed E-state index contributed by atoms with van der Waals surface area (Å²) in [5, 5.41) is 2.05. The average Bonchev–Trinajstić information content (AvgIpc) is 3.18. The highest BCUT2D eigenvalue weighted by molar-refractivity contribution is 7.10. The Labute approximate surface area is 152 Å². The standard InChI is InChI=1S/C20H23NO3S/c1-4-5-8-19(22)21-10-9-14-12-16(23-2)17(24-3)13-15(14)20(21)18-7-6-11-25-18/h5-8,11-13,20H,4,9-10H2,1-3H3/b8-5-/t20-/m1/s1. The number of allylic oxidation sites excluding steroid dienone is 1. The van der Waals surface area contributed by atoms with Crippen molar-refractivity contribution in [1.82, 2.24) is 4.90 Å². The molecule has 3 rings (SSSR count). The van der Waals surface area contributed by atoms with Crippen LogP contribution >= 0.6 is 11.3 Å². The molecule has 0 spiro atoms. The van der Waals surface area contributed by atoms with E-state index in [4.69, 9.17) is 9.47 Å². The molecule has 1 atom stereocenters. The summed E-state index contributed by atoms with van der Waals surface area (Å²) in [6, 6.07) is 8.09. The summed E-state index contributed by atoms with van der Waals surface area (Å²) in [6.45, 7) is 2.72. The lowest BCUT2D eigenvalue weighted by atomic mass is 9.90. The number of methoxy groups -OCH3 is 2. The molecule has 0 radical (unpaired) electrons. The molecule has 132 valence electrons. The zero-order valence-electron chi connectivity index (χ0n) is 14.8. The fourth-order valence-electron chi connectivity index (χ4n) is 3.25. The van der Waals surface area contributed by atoms with E-state index in [0.717, 1.165) is 29.0 Å². The second-order valence-corrected chi connectivity index (χ2v) is 6.90. The van der Waals surface area contributed by atoms with Crippen LogP contribution in [0, 0.1) is 0 Å². The number of rotatable bonds is 5. The minimum atomic E-state index is -0.0856. The smallest absolute Gasteiger partial charge is 0.247 e. The van der Waals surface area contributed by atoms with Crippen molar-refractivity contribution >= 4 is 17.2 Å². The monoisotopic (exact) mass is 357 g/mol. The molecule has 4 nitrogen and oxygen atoms in total. The van der Waals surface area contributed by atoms with Crippen LogP contribution in [0.2, 0.25) is 0 Å². The summed E-state index contributed by atoms with van der Waals surface area (Å²) in [7, 11) is 3.29. The Hall–Kier alpha value is -2.27. The molecule has 2 heterocycles. The molecule has 0 bridgehead atoms. The molecule has 0 saturated carbocycles. The lowest BCUT2D eigenvalue weighted by Gasteiger charge is -2.37. The fourth-order valence-corrected chi connectivity index (χ4v) is 4.11. The van der Waals surface area contributed by atoms with Gasteiger partial charge in [0.15, 0.2) is 11.5 Å². The third-order valence-corrected chi connectivity index (χ3v) is 5.39. The van der Waals surface area contributed by atoms with Crippen molar-refractivity contribution < 1.29 is 14.3 Å². The number of hydrogen-bond acceptors (Lipinski definition) is 4. The van der Waals surface area contributed by atoms with Crippen LogP contribution in [0.4, 0.5) is 0 Å². The highest BCUT2D eigenvalue weighted by atomic mass is 32.1. The molecule has 2 aromatic rings. The molecule has 0 saturated heterocycles. The third kappa shape index (κ3) is 3.42. The van der Waals surface area contributed by atoms with Crippen molar-refractivity contribution in [2.75, 3.05) is 20.8 Å². The number of fused-ring (bicyclic) bond motifs is 1. The third-order valence-electron chi connectivity index (χ3n) is 4.47. The van der Waals surface area contributed by atoms with Gasteiger partial charge >= 0.3 is 0 Å². The number of carbonyl (C=O) groups excluding carboxylic acids is 1. The van der Waals surface area contributed by atoms with Gasteiger partial charge in [0.25, 0.3) is 0 Å². The van der Waals surface area contributed by atoms with Crippen LogP contribution < -0.4 is 9.47 Å². The summed E-state index contributed by atoms with van der Waals surface area (Å²) in [5.74, 6) is 1.48. The SMILES string of the molecule is CC/C=C\C(=O)N1CCc2cc(OC)c(OC)cc2[C@@H]1c1cccs1. The second kappa shape index (κ2) is 7.74. The normalized spacial score (nSPS) is 16.8. The molecule has 0 aliphatic carbocycles. The highest BCUT2D eigenvalue weighted by Crippen LogP contribution is 2.42. The Morgan fingerprint density at radius 2 is 2.08 bits per heavy atom. The van der Waals surface area contributed by atoms with Gasteiger partial charge in [-0.3, -0.25) is 4.79 Å². The Morgan fingerprint density at radius 1 is 1.32 bits per heavy atom. The van der Waals surface area contributed by atoms with Gasteiger partial charge in [-0.1, -0.05) is 19.1 Å². The maximum atomic E-state index is 12.7. The van der Waals surface area contributed by atoms with E-state index in [1.807, 2.05) is 36.1 Å². The molecule has 1 aliphatic heterocycles. The van der Waals surface area contributed by atoms with Gasteiger partial charge in [0.2, 0.25) is 5.91 Å². The first-order valence-electron chi connectivity index (χ1n) is 8.45. The maximum absolute atomic E-state index is 12.7. The van der Waals surface area contributed by atoms with Crippen LogP contribution in [-0.4, -0.2) is 31.6 Å². The van der Waals surface area contributed by atoms with Gasteiger partial charge < -0.3 is 14.4 Å². The van der Waals surface area contributed by atoms with Crippen molar-refractivity contribution in [3.8, 4) is 11.5 Å². The summed E-state index contributed by atoms with van der Waals surface area (Å²) < 4.78 is 10.9. The molecule has 1 amide bonds. The molecular weight excluding hydrogens is 334 g/mol.